The molecule has 0 bridgehead atoms. The predicted molar refractivity (Wildman–Crippen MR) is 23.0 cm³/mol. The van der Waals surface area contributed by atoms with Gasteiger partial charge in [-0.15, -0.1) is 0 Å². The number of hydrogen-bond donors (Lipinski definition) is 0. The van der Waals surface area contributed by atoms with Crippen LogP contribution in [0.3, 0.4) is 0 Å². The molecule has 0 aromatic heterocycles. The molecule has 0 aliphatic heterocycles. The Labute approximate surface area is 85.4 Å². The Hall–Kier alpha value is 0.512. The summed E-state index contributed by atoms with van der Waals surface area (Å²) in [6, 6.07) is 0. The molecule has 0 unspecified atom stereocenters. The Kier molecular flexibility index (Phi) is 21.0. The van der Waals surface area contributed by atoms with Crippen LogP contribution >= 0.6 is 0 Å². The van der Waals surface area contributed by atoms with E-state index >= 15 is 0 Å². The topological polar surface area (TPSA) is 98.7 Å². The minimum atomic E-state index is -4.02. The molecule has 0 aromatic carbocycles. The van der Waals surface area contributed by atoms with Crippen molar-refractivity contribution in [3.05, 3.63) is 0 Å². The van der Waals surface area contributed by atoms with Gasteiger partial charge in [-0.25, -0.2) is 0 Å². The average molecular weight is 304 g/mol. The molecule has 0 saturated heterocycles. The van der Waals surface area contributed by atoms with E-state index in [0.29, 0.717) is 0 Å². The maximum absolute atomic E-state index is 10.1. The van der Waals surface area contributed by atoms with E-state index in [-0.39, 0.29) is 23.1 Å². The molecule has 6 nitrogen and oxygen atoms in total. The van der Waals surface area contributed by atoms with Crippen LogP contribution in [0.15, 0.2) is 0 Å². The van der Waals surface area contributed by atoms with E-state index in [2.05, 4.69) is 7.94 Å². The van der Waals surface area contributed by atoms with Crippen LogP contribution in [0.1, 0.15) is 0 Å². The zero-order chi connectivity index (χ0) is 8.57. The van der Waals surface area contributed by atoms with Gasteiger partial charge in [-0.2, -0.15) is 0 Å². The summed E-state index contributed by atoms with van der Waals surface area (Å²) in [7, 11) is 0. The molecule has 0 spiro atoms. The van der Waals surface area contributed by atoms with Gasteiger partial charge in [0.25, 0.3) is 0 Å². The summed E-state index contributed by atoms with van der Waals surface area (Å²) < 4.78 is 60.4. The number of hydrogen-bond acceptors (Lipinski definition) is 6. The summed E-state index contributed by atoms with van der Waals surface area (Å²) in [6.07, 6.45) is 0. The summed E-state index contributed by atoms with van der Waals surface area (Å²) in [5.41, 5.74) is 0. The standard InChI is InChI=1S/2FGeO3.Mg/c2*1-5-2(3)4;/q2*-1;+2. The second-order valence-electron chi connectivity index (χ2n) is 0.654. The van der Waals surface area contributed by atoms with E-state index in [1.165, 1.54) is 0 Å². The van der Waals surface area contributed by atoms with Crippen molar-refractivity contribution in [3.63, 3.8) is 0 Å². The molecule has 60 valence electrons. The van der Waals surface area contributed by atoms with Crippen molar-refractivity contribution < 1.29 is 32.8 Å². The Morgan fingerprint density at radius 2 is 1.09 bits per heavy atom. The fourth-order valence-corrected chi connectivity index (χ4v) is 0. The first-order valence-electron chi connectivity index (χ1n) is 1.53. The molecule has 11 heavy (non-hydrogen) atoms. The summed E-state index contributed by atoms with van der Waals surface area (Å²) in [5, 5.41) is 0. The van der Waals surface area contributed by atoms with Crippen LogP contribution in [0, 0.1) is 0 Å². The van der Waals surface area contributed by atoms with Crippen molar-refractivity contribution in [2.75, 3.05) is 0 Å². The van der Waals surface area contributed by atoms with Crippen LogP contribution in [0.25, 0.3) is 0 Å². The summed E-state index contributed by atoms with van der Waals surface area (Å²) in [5.74, 6) is 0. The van der Waals surface area contributed by atoms with Gasteiger partial charge in [-0.3, -0.25) is 0 Å². The van der Waals surface area contributed by atoms with Gasteiger partial charge in [-0.1, -0.05) is 0 Å². The van der Waals surface area contributed by atoms with Gasteiger partial charge < -0.3 is 0 Å². The molecule has 0 amide bonds. The molecule has 0 atom stereocenters. The Bertz CT molecular complexity index is 103. The van der Waals surface area contributed by atoms with E-state index in [4.69, 9.17) is 15.8 Å². The summed E-state index contributed by atoms with van der Waals surface area (Å²) >= 11 is -8.05. The Balaban J connectivity index is -0.000000107. The third-order valence-electron chi connectivity index (χ3n) is 0.126. The molecule has 0 rings (SSSR count). The molecule has 0 saturated carbocycles. The van der Waals surface area contributed by atoms with E-state index in [1.807, 2.05) is 0 Å². The quantitative estimate of drug-likeness (QED) is 0.503. The third kappa shape index (κ3) is 37.4. The average Bonchev–Trinajstić information content (AvgIpc) is 1.89. The molecular weight excluding hydrogens is 304 g/mol. The monoisotopic (exact) mass is 306 g/mol. The van der Waals surface area contributed by atoms with Crippen molar-refractivity contribution >= 4 is 53.0 Å². The normalized spacial score (nSPS) is 6.00. The van der Waals surface area contributed by atoms with Crippen LogP contribution in [0.5, 0.6) is 0 Å². The van der Waals surface area contributed by atoms with Gasteiger partial charge in [-0.05, 0) is 0 Å². The van der Waals surface area contributed by atoms with Crippen LogP contribution in [0.2, 0.25) is 0 Å². The van der Waals surface area contributed by atoms with Crippen LogP contribution in [0.4, 0.5) is 9.05 Å². The summed E-state index contributed by atoms with van der Waals surface area (Å²) in [6.45, 7) is 0. The van der Waals surface area contributed by atoms with Crippen molar-refractivity contribution in [3.8, 4) is 0 Å². The molecule has 0 fully saturated rings. The van der Waals surface area contributed by atoms with E-state index in [0.717, 1.165) is 0 Å². The fourth-order valence-electron chi connectivity index (χ4n) is 0. The molecule has 0 aromatic rings. The zero-order valence-electron chi connectivity index (χ0n) is 4.91. The van der Waals surface area contributed by atoms with Crippen molar-refractivity contribution in [1.82, 2.24) is 0 Å². The van der Waals surface area contributed by atoms with E-state index in [1.54, 1.807) is 0 Å². The molecular formula is F2Ge2MgO6. The first kappa shape index (κ1) is 17.6. The molecule has 0 aliphatic carbocycles. The van der Waals surface area contributed by atoms with Crippen LogP contribution in [-0.4, -0.2) is 53.0 Å². The van der Waals surface area contributed by atoms with Crippen LogP contribution in [-0.2, 0) is 15.5 Å². The number of rotatable bonds is 2. The Morgan fingerprint density at radius 1 is 1.00 bits per heavy atom. The Morgan fingerprint density at radius 3 is 1.09 bits per heavy atom. The second-order valence-corrected chi connectivity index (χ2v) is 3.40. The second kappa shape index (κ2) is 13.1. The molecule has 11 heteroatoms. The van der Waals surface area contributed by atoms with Gasteiger partial charge in [0.1, 0.15) is 0 Å². The van der Waals surface area contributed by atoms with Crippen molar-refractivity contribution in [2.45, 2.75) is 0 Å². The SMILES string of the molecule is [Mg+2].[O]=[Ge]([O-])[O]F.[O]=[Ge]([O-])[O]F. The first-order valence-corrected chi connectivity index (χ1v) is 6.67. The first-order chi connectivity index (χ1) is 4.54. The molecule has 0 radical (unpaired) electrons. The number of halogens is 2. The molecule has 0 N–H and O–H groups in total. The zero-order valence-corrected chi connectivity index (χ0v) is 10.5. The van der Waals surface area contributed by atoms with Crippen molar-refractivity contribution in [2.24, 2.45) is 0 Å². The van der Waals surface area contributed by atoms with Gasteiger partial charge in [0, 0.05) is 0 Å². The van der Waals surface area contributed by atoms with Gasteiger partial charge in [0.15, 0.2) is 0 Å². The van der Waals surface area contributed by atoms with Gasteiger partial charge >= 0.3 is 85.8 Å². The van der Waals surface area contributed by atoms with Gasteiger partial charge in [0.05, 0.1) is 0 Å². The van der Waals surface area contributed by atoms with E-state index in [9.17, 15) is 9.05 Å². The van der Waals surface area contributed by atoms with Gasteiger partial charge in [0.2, 0.25) is 0 Å². The van der Waals surface area contributed by atoms with Crippen molar-refractivity contribution in [1.29, 1.82) is 0 Å². The molecule has 0 heterocycles. The molecule has 0 aliphatic rings. The summed E-state index contributed by atoms with van der Waals surface area (Å²) in [4.78, 5) is 0. The minimum absolute atomic E-state index is 0. The predicted octanol–water partition coefficient (Wildman–Crippen LogP) is -3.05. The van der Waals surface area contributed by atoms with E-state index < -0.39 is 29.9 Å². The fraction of sp³-hybridized carbons (Fsp3) is 0. The maximum atomic E-state index is 10.1. The van der Waals surface area contributed by atoms with Crippen LogP contribution < -0.4 is 8.27 Å². The third-order valence-corrected chi connectivity index (χ3v) is 0.655.